The largest absolute Gasteiger partial charge is 0.463 e. The van der Waals surface area contributed by atoms with Crippen LogP contribution >= 0.6 is 0 Å². The molecule has 2 N–H and O–H groups in total. The van der Waals surface area contributed by atoms with E-state index in [0.29, 0.717) is 19.3 Å². The summed E-state index contributed by atoms with van der Waals surface area (Å²) in [5, 5.41) is 19.8. The SMILES string of the molecule is CCCC[C@H](O)/C=C\C/C=C\C/C=C\C/C=C\CCCC(=O)OC[C@H](O)COC(=O)CCCCCCCCCCCCCCCCCCCCC(C)CC. The van der Waals surface area contributed by atoms with Gasteiger partial charge in [0.05, 0.1) is 6.10 Å². The molecule has 0 fully saturated rings. The van der Waals surface area contributed by atoms with Crippen molar-refractivity contribution in [2.75, 3.05) is 13.2 Å². The molecule has 0 spiro atoms. The Kier molecular flexibility index (Phi) is 40.3. The molecule has 0 saturated heterocycles. The molecule has 54 heavy (non-hydrogen) atoms. The number of hydrogen-bond donors (Lipinski definition) is 2. The highest BCUT2D eigenvalue weighted by atomic mass is 16.6. The molecule has 0 aromatic heterocycles. The van der Waals surface area contributed by atoms with E-state index in [0.717, 1.165) is 70.1 Å². The number of rotatable bonds is 40. The monoisotopic (exact) mass is 759 g/mol. The standard InChI is InChI=1S/C48H86O6/c1-4-6-38-45(49)39-34-30-26-22-18-15-16-20-24-28-32-36-41-48(52)54-43-46(50)42-53-47(51)40-35-31-27-23-19-14-12-10-8-7-9-11-13-17-21-25-29-33-37-44(3)5-2/h15-16,22,24,26,28,34,39,44-46,49-50H,4-14,17-21,23,25,27,29-33,35-38,40-43H2,1-3H3/b16-15-,26-22-,28-24-,39-34-/t44?,45-,46+/m0/s1. The maximum atomic E-state index is 12.0. The number of esters is 2. The highest BCUT2D eigenvalue weighted by Crippen LogP contribution is 2.17. The molecular formula is C48H86O6. The Balaban J connectivity index is 3.50. The van der Waals surface area contributed by atoms with Gasteiger partial charge in [-0.25, -0.2) is 0 Å². The van der Waals surface area contributed by atoms with E-state index in [4.69, 9.17) is 9.47 Å². The summed E-state index contributed by atoms with van der Waals surface area (Å²) in [5.74, 6) is 0.265. The third-order valence-corrected chi connectivity index (χ3v) is 10.2. The minimum absolute atomic E-state index is 0.142. The Morgan fingerprint density at radius 3 is 1.37 bits per heavy atom. The zero-order valence-corrected chi connectivity index (χ0v) is 35.5. The zero-order valence-electron chi connectivity index (χ0n) is 35.5. The van der Waals surface area contributed by atoms with Gasteiger partial charge in [0.1, 0.15) is 19.3 Å². The first kappa shape index (κ1) is 51.8. The van der Waals surface area contributed by atoms with Gasteiger partial charge < -0.3 is 19.7 Å². The average molecular weight is 759 g/mol. The van der Waals surface area contributed by atoms with Crippen molar-refractivity contribution in [1.29, 1.82) is 0 Å². The lowest BCUT2D eigenvalue weighted by Gasteiger charge is -2.12. The number of hydrogen-bond acceptors (Lipinski definition) is 6. The number of carbonyl (C=O) groups excluding carboxylic acids is 2. The van der Waals surface area contributed by atoms with Crippen molar-refractivity contribution in [3.8, 4) is 0 Å². The third-order valence-electron chi connectivity index (χ3n) is 10.2. The maximum Gasteiger partial charge on any atom is 0.305 e. The van der Waals surface area contributed by atoms with Crippen LogP contribution in [0.15, 0.2) is 48.6 Å². The van der Waals surface area contributed by atoms with Gasteiger partial charge in [0.15, 0.2) is 0 Å². The van der Waals surface area contributed by atoms with Crippen molar-refractivity contribution in [1.82, 2.24) is 0 Å². The van der Waals surface area contributed by atoms with E-state index in [-0.39, 0.29) is 31.3 Å². The zero-order chi connectivity index (χ0) is 39.6. The highest BCUT2D eigenvalue weighted by molar-refractivity contribution is 5.69. The molecule has 1 unspecified atom stereocenters. The molecule has 0 bridgehead atoms. The van der Waals surface area contributed by atoms with Gasteiger partial charge in [-0.1, -0.05) is 204 Å². The van der Waals surface area contributed by atoms with E-state index in [2.05, 4.69) is 57.2 Å². The normalized spacial score (nSPS) is 13.8. The first-order valence-corrected chi connectivity index (χ1v) is 22.7. The molecule has 0 rings (SSSR count). The van der Waals surface area contributed by atoms with Crippen LogP contribution < -0.4 is 0 Å². The Bertz CT molecular complexity index is 937. The Morgan fingerprint density at radius 1 is 0.500 bits per heavy atom. The van der Waals surface area contributed by atoms with Gasteiger partial charge in [-0.3, -0.25) is 9.59 Å². The Morgan fingerprint density at radius 2 is 0.907 bits per heavy atom. The van der Waals surface area contributed by atoms with E-state index in [1.807, 2.05) is 12.2 Å². The van der Waals surface area contributed by atoms with Crippen LogP contribution in [0.4, 0.5) is 0 Å². The summed E-state index contributed by atoms with van der Waals surface area (Å²) in [7, 11) is 0. The first-order valence-electron chi connectivity index (χ1n) is 22.7. The average Bonchev–Trinajstić information content (AvgIpc) is 3.17. The van der Waals surface area contributed by atoms with Crippen molar-refractivity contribution < 1.29 is 29.3 Å². The number of ether oxygens (including phenoxy) is 2. The van der Waals surface area contributed by atoms with Crippen LogP contribution in [0.2, 0.25) is 0 Å². The molecule has 0 aliphatic heterocycles. The van der Waals surface area contributed by atoms with Gasteiger partial charge in [-0.05, 0) is 50.9 Å². The molecule has 0 radical (unpaired) electrons. The summed E-state index contributed by atoms with van der Waals surface area (Å²) in [6, 6.07) is 0. The van der Waals surface area contributed by atoms with Crippen molar-refractivity contribution in [2.45, 2.75) is 226 Å². The quantitative estimate of drug-likeness (QED) is 0.0367. The van der Waals surface area contributed by atoms with E-state index >= 15 is 0 Å². The number of aliphatic hydroxyl groups excluding tert-OH is 2. The minimum Gasteiger partial charge on any atom is -0.463 e. The van der Waals surface area contributed by atoms with Gasteiger partial charge in [0.25, 0.3) is 0 Å². The van der Waals surface area contributed by atoms with Crippen molar-refractivity contribution in [3.63, 3.8) is 0 Å². The second-order valence-corrected chi connectivity index (χ2v) is 15.6. The lowest BCUT2D eigenvalue weighted by atomic mass is 9.99. The fourth-order valence-electron chi connectivity index (χ4n) is 6.31. The smallest absolute Gasteiger partial charge is 0.305 e. The molecule has 314 valence electrons. The Labute approximate surface area is 333 Å². The van der Waals surface area contributed by atoms with Crippen LogP contribution in [-0.2, 0) is 19.1 Å². The molecule has 0 aliphatic carbocycles. The molecule has 0 aliphatic rings. The summed E-state index contributed by atoms with van der Waals surface area (Å²) in [5.41, 5.74) is 0. The van der Waals surface area contributed by atoms with Crippen LogP contribution in [0.25, 0.3) is 0 Å². The molecule has 0 amide bonds. The number of unbranched alkanes of at least 4 members (excludes halogenated alkanes) is 19. The van der Waals surface area contributed by atoms with Crippen LogP contribution in [0.1, 0.15) is 213 Å². The summed E-state index contributed by atoms with van der Waals surface area (Å²) >= 11 is 0. The molecule has 0 aromatic rings. The molecule has 3 atom stereocenters. The summed E-state index contributed by atoms with van der Waals surface area (Å²) < 4.78 is 10.3. The first-order chi connectivity index (χ1) is 26.4. The second kappa shape index (κ2) is 42.0. The molecule has 6 nitrogen and oxygen atoms in total. The van der Waals surface area contributed by atoms with E-state index in [9.17, 15) is 19.8 Å². The van der Waals surface area contributed by atoms with Crippen molar-refractivity contribution >= 4 is 11.9 Å². The second-order valence-electron chi connectivity index (χ2n) is 15.6. The Hall–Kier alpha value is -2.18. The third kappa shape index (κ3) is 41.0. The van der Waals surface area contributed by atoms with Gasteiger partial charge in [-0.2, -0.15) is 0 Å². The van der Waals surface area contributed by atoms with Crippen LogP contribution in [0.5, 0.6) is 0 Å². The molecular weight excluding hydrogens is 673 g/mol. The predicted molar refractivity (Wildman–Crippen MR) is 230 cm³/mol. The maximum absolute atomic E-state index is 12.0. The van der Waals surface area contributed by atoms with Gasteiger partial charge >= 0.3 is 11.9 Å². The van der Waals surface area contributed by atoms with E-state index in [1.165, 1.54) is 109 Å². The number of carbonyl (C=O) groups is 2. The fourth-order valence-corrected chi connectivity index (χ4v) is 6.31. The van der Waals surface area contributed by atoms with Gasteiger partial charge in [0.2, 0.25) is 0 Å². The molecule has 6 heteroatoms. The lowest BCUT2D eigenvalue weighted by molar-refractivity contribution is -0.152. The van der Waals surface area contributed by atoms with Crippen LogP contribution in [0.3, 0.4) is 0 Å². The molecule has 0 aromatic carbocycles. The molecule has 0 saturated carbocycles. The summed E-state index contributed by atoms with van der Waals surface area (Å²) in [4.78, 5) is 24.0. The van der Waals surface area contributed by atoms with Gasteiger partial charge in [0, 0.05) is 12.8 Å². The van der Waals surface area contributed by atoms with E-state index in [1.54, 1.807) is 0 Å². The molecule has 0 heterocycles. The highest BCUT2D eigenvalue weighted by Gasteiger charge is 2.12. The number of aliphatic hydroxyl groups is 2. The minimum atomic E-state index is -0.997. The van der Waals surface area contributed by atoms with Crippen LogP contribution in [-0.4, -0.2) is 47.6 Å². The number of allylic oxidation sites excluding steroid dienone is 7. The predicted octanol–water partition coefficient (Wildman–Crippen LogP) is 13.4. The van der Waals surface area contributed by atoms with Crippen molar-refractivity contribution in [2.24, 2.45) is 5.92 Å². The van der Waals surface area contributed by atoms with E-state index < -0.39 is 6.10 Å². The van der Waals surface area contributed by atoms with Gasteiger partial charge in [-0.15, -0.1) is 0 Å². The lowest BCUT2D eigenvalue weighted by Crippen LogP contribution is -2.25. The fraction of sp³-hybridized carbons (Fsp3) is 0.792. The van der Waals surface area contributed by atoms with Crippen molar-refractivity contribution in [3.05, 3.63) is 48.6 Å². The summed E-state index contributed by atoms with van der Waals surface area (Å²) in [6.07, 6.45) is 49.4. The topological polar surface area (TPSA) is 93.1 Å². The summed E-state index contributed by atoms with van der Waals surface area (Å²) in [6.45, 7) is 6.51. The van der Waals surface area contributed by atoms with Crippen LogP contribution in [0, 0.1) is 5.92 Å².